The van der Waals surface area contributed by atoms with Gasteiger partial charge in [0, 0.05) is 19.3 Å². The number of rotatable bonds is 43. The lowest BCUT2D eigenvalue weighted by Crippen LogP contribution is -2.30. The Morgan fingerprint density at radius 3 is 1.02 bits per heavy atom. The van der Waals surface area contributed by atoms with Gasteiger partial charge in [-0.1, -0.05) is 218 Å². The first-order chi connectivity index (χ1) is 27.0. The summed E-state index contributed by atoms with van der Waals surface area (Å²) >= 11 is 0. The zero-order chi connectivity index (χ0) is 40.1. The molecule has 0 aliphatic carbocycles. The summed E-state index contributed by atoms with van der Waals surface area (Å²) in [6.07, 6.45) is 48.8. The molecule has 0 spiro atoms. The summed E-state index contributed by atoms with van der Waals surface area (Å²) in [7, 11) is 0. The molecule has 0 aromatic carbocycles. The first-order valence-corrected chi connectivity index (χ1v) is 23.9. The second kappa shape index (κ2) is 44.6. The molecule has 0 bridgehead atoms. The van der Waals surface area contributed by atoms with Crippen molar-refractivity contribution in [1.82, 2.24) is 0 Å². The van der Waals surface area contributed by atoms with E-state index >= 15 is 0 Å². The highest BCUT2D eigenvalue weighted by atomic mass is 16.6. The molecule has 0 aromatic heterocycles. The molecule has 6 heteroatoms. The molecule has 6 nitrogen and oxygen atoms in total. The van der Waals surface area contributed by atoms with Crippen LogP contribution < -0.4 is 0 Å². The van der Waals surface area contributed by atoms with Crippen LogP contribution in [0.3, 0.4) is 0 Å². The molecular formula is C49H90O6. The van der Waals surface area contributed by atoms with E-state index in [9.17, 15) is 14.4 Å². The van der Waals surface area contributed by atoms with Crippen molar-refractivity contribution in [1.29, 1.82) is 0 Å². The Kier molecular flexibility index (Phi) is 42.9. The Hall–Kier alpha value is -2.11. The first kappa shape index (κ1) is 52.9. The maximum Gasteiger partial charge on any atom is 0.306 e. The van der Waals surface area contributed by atoms with Crippen molar-refractivity contribution in [3.05, 3.63) is 24.3 Å². The van der Waals surface area contributed by atoms with Gasteiger partial charge in [-0.3, -0.25) is 14.4 Å². The fourth-order valence-corrected chi connectivity index (χ4v) is 6.83. The highest BCUT2D eigenvalue weighted by Crippen LogP contribution is 2.15. The molecule has 0 aliphatic heterocycles. The number of hydrogen-bond acceptors (Lipinski definition) is 6. The van der Waals surface area contributed by atoms with Gasteiger partial charge >= 0.3 is 17.9 Å². The summed E-state index contributed by atoms with van der Waals surface area (Å²) in [6, 6.07) is 0. The fraction of sp³-hybridized carbons (Fsp3) is 0.857. The molecule has 0 aliphatic rings. The highest BCUT2D eigenvalue weighted by molar-refractivity contribution is 5.71. The highest BCUT2D eigenvalue weighted by Gasteiger charge is 2.19. The monoisotopic (exact) mass is 775 g/mol. The van der Waals surface area contributed by atoms with Gasteiger partial charge in [0.2, 0.25) is 0 Å². The van der Waals surface area contributed by atoms with E-state index in [2.05, 4.69) is 45.1 Å². The summed E-state index contributed by atoms with van der Waals surface area (Å²) in [6.45, 7) is 6.56. The number of ether oxygens (including phenoxy) is 3. The molecule has 0 fully saturated rings. The van der Waals surface area contributed by atoms with Crippen LogP contribution in [0, 0.1) is 0 Å². The summed E-state index contributed by atoms with van der Waals surface area (Å²) in [5, 5.41) is 0. The number of esters is 3. The molecule has 1 unspecified atom stereocenters. The summed E-state index contributed by atoms with van der Waals surface area (Å²) < 4.78 is 16.7. The second-order valence-electron chi connectivity index (χ2n) is 16.1. The van der Waals surface area contributed by atoms with Gasteiger partial charge in [-0.2, -0.15) is 0 Å². The zero-order valence-electron chi connectivity index (χ0n) is 36.7. The average Bonchev–Trinajstić information content (AvgIpc) is 3.18. The van der Waals surface area contributed by atoms with Gasteiger partial charge in [0.15, 0.2) is 6.10 Å². The third-order valence-corrected chi connectivity index (χ3v) is 10.5. The van der Waals surface area contributed by atoms with Gasteiger partial charge in [0.1, 0.15) is 13.2 Å². The number of carbonyl (C=O) groups excluding carboxylic acids is 3. The zero-order valence-corrected chi connectivity index (χ0v) is 36.7. The van der Waals surface area contributed by atoms with Crippen LogP contribution in [0.2, 0.25) is 0 Å². The lowest BCUT2D eigenvalue weighted by molar-refractivity contribution is -0.167. The summed E-state index contributed by atoms with van der Waals surface area (Å²) in [5.41, 5.74) is 0. The maximum atomic E-state index is 12.7. The van der Waals surface area contributed by atoms with E-state index in [4.69, 9.17) is 14.2 Å². The van der Waals surface area contributed by atoms with Crippen molar-refractivity contribution in [2.45, 2.75) is 258 Å². The quantitative estimate of drug-likeness (QED) is 0.0266. The largest absolute Gasteiger partial charge is 0.462 e. The normalized spacial score (nSPS) is 12.1. The molecule has 0 saturated carbocycles. The SMILES string of the molecule is CCCC/C=C\C=C/CCCCCC(=O)OC(COC(=O)CCCCCCCCCCCC)COC(=O)CCCCCCCCCCCCCCCCCC. The van der Waals surface area contributed by atoms with Crippen LogP contribution in [-0.4, -0.2) is 37.2 Å². The van der Waals surface area contributed by atoms with Gasteiger partial charge in [0.25, 0.3) is 0 Å². The Morgan fingerprint density at radius 2 is 0.655 bits per heavy atom. The van der Waals surface area contributed by atoms with Crippen molar-refractivity contribution in [2.75, 3.05) is 13.2 Å². The molecule has 0 aromatic rings. The summed E-state index contributed by atoms with van der Waals surface area (Å²) in [4.78, 5) is 37.7. The van der Waals surface area contributed by atoms with Crippen LogP contribution in [-0.2, 0) is 28.6 Å². The van der Waals surface area contributed by atoms with Crippen molar-refractivity contribution in [3.63, 3.8) is 0 Å². The topological polar surface area (TPSA) is 78.9 Å². The van der Waals surface area contributed by atoms with E-state index in [1.807, 2.05) is 0 Å². The fourth-order valence-electron chi connectivity index (χ4n) is 6.83. The molecule has 0 heterocycles. The van der Waals surface area contributed by atoms with Crippen LogP contribution in [0.25, 0.3) is 0 Å². The number of carbonyl (C=O) groups is 3. The van der Waals surface area contributed by atoms with Crippen molar-refractivity contribution < 1.29 is 28.6 Å². The first-order valence-electron chi connectivity index (χ1n) is 23.9. The Balaban J connectivity index is 4.32. The lowest BCUT2D eigenvalue weighted by Gasteiger charge is -2.18. The van der Waals surface area contributed by atoms with Gasteiger partial charge in [-0.05, 0) is 38.5 Å². The van der Waals surface area contributed by atoms with E-state index in [1.165, 1.54) is 141 Å². The molecule has 0 radical (unpaired) electrons. The molecule has 1 atom stereocenters. The molecular weight excluding hydrogens is 685 g/mol. The number of allylic oxidation sites excluding steroid dienone is 4. The number of unbranched alkanes of at least 4 members (excludes halogenated alkanes) is 29. The van der Waals surface area contributed by atoms with Crippen molar-refractivity contribution in [3.8, 4) is 0 Å². The minimum absolute atomic E-state index is 0.0778. The minimum atomic E-state index is -0.777. The molecule has 0 amide bonds. The summed E-state index contributed by atoms with van der Waals surface area (Å²) in [5.74, 6) is -0.899. The third-order valence-electron chi connectivity index (χ3n) is 10.5. The standard InChI is InChI=1S/C49H90O6/c1-4-7-10-13-16-19-22-23-24-25-26-28-30-33-36-39-42-48(51)54-45-46(44-53-47(50)41-38-35-32-29-21-18-15-12-9-6-3)55-49(52)43-40-37-34-31-27-20-17-14-11-8-5-2/h14,17,20,27,46H,4-13,15-16,18-19,21-26,28-45H2,1-3H3/b17-14-,27-20-. The predicted octanol–water partition coefficient (Wildman–Crippen LogP) is 15.2. The predicted molar refractivity (Wildman–Crippen MR) is 233 cm³/mol. The molecule has 0 N–H and O–H groups in total. The molecule has 55 heavy (non-hydrogen) atoms. The van der Waals surface area contributed by atoms with E-state index in [1.54, 1.807) is 0 Å². The Labute approximate surface area is 341 Å². The van der Waals surface area contributed by atoms with Crippen molar-refractivity contribution >= 4 is 17.9 Å². The van der Waals surface area contributed by atoms with E-state index < -0.39 is 6.10 Å². The molecule has 0 saturated heterocycles. The Bertz CT molecular complexity index is 896. The van der Waals surface area contributed by atoms with Crippen LogP contribution in [0.4, 0.5) is 0 Å². The van der Waals surface area contributed by atoms with E-state index in [-0.39, 0.29) is 31.1 Å². The maximum absolute atomic E-state index is 12.7. The third kappa shape index (κ3) is 42.9. The van der Waals surface area contributed by atoms with Crippen molar-refractivity contribution in [2.24, 2.45) is 0 Å². The van der Waals surface area contributed by atoms with Crippen LogP contribution in [0.5, 0.6) is 0 Å². The van der Waals surface area contributed by atoms with E-state index in [0.717, 1.165) is 70.6 Å². The Morgan fingerprint density at radius 1 is 0.364 bits per heavy atom. The second-order valence-corrected chi connectivity index (χ2v) is 16.1. The average molecular weight is 775 g/mol. The van der Waals surface area contributed by atoms with Crippen LogP contribution >= 0.6 is 0 Å². The van der Waals surface area contributed by atoms with Gasteiger partial charge in [0.05, 0.1) is 0 Å². The minimum Gasteiger partial charge on any atom is -0.462 e. The van der Waals surface area contributed by atoms with Gasteiger partial charge in [-0.25, -0.2) is 0 Å². The molecule has 0 rings (SSSR count). The van der Waals surface area contributed by atoms with E-state index in [0.29, 0.717) is 19.3 Å². The smallest absolute Gasteiger partial charge is 0.306 e. The lowest BCUT2D eigenvalue weighted by atomic mass is 10.0. The van der Waals surface area contributed by atoms with Gasteiger partial charge in [-0.15, -0.1) is 0 Å². The van der Waals surface area contributed by atoms with Crippen LogP contribution in [0.1, 0.15) is 252 Å². The van der Waals surface area contributed by atoms with Gasteiger partial charge < -0.3 is 14.2 Å². The molecule has 322 valence electrons. The number of hydrogen-bond donors (Lipinski definition) is 0. The van der Waals surface area contributed by atoms with Crippen LogP contribution in [0.15, 0.2) is 24.3 Å².